The molecule has 5 heteroatoms. The number of hydrogen-bond donors (Lipinski definition) is 1. The lowest BCUT2D eigenvalue weighted by Gasteiger charge is -2.20. The largest absolute Gasteiger partial charge is 0.328 e. The van der Waals surface area contributed by atoms with Crippen LogP contribution in [0.15, 0.2) is 12.1 Å². The molecule has 80 valence electrons. The highest BCUT2D eigenvalue weighted by molar-refractivity contribution is 6.40. The first-order valence-electron chi connectivity index (χ1n) is 4.59. The lowest BCUT2D eigenvalue weighted by Crippen LogP contribution is -2.23. The van der Waals surface area contributed by atoms with Crippen molar-refractivity contribution in [2.45, 2.75) is 12.8 Å². The molecule has 0 unspecified atom stereocenters. The van der Waals surface area contributed by atoms with Crippen LogP contribution in [0, 0.1) is 11.2 Å². The fraction of sp³-hybridized carbons (Fsp3) is 0.300. The summed E-state index contributed by atoms with van der Waals surface area (Å²) in [5.41, 5.74) is 0.544. The average Bonchev–Trinajstić information content (AvgIpc) is 2.50. The summed E-state index contributed by atoms with van der Waals surface area (Å²) in [6.07, 6.45) is 1.62. The standard InChI is InChI=1S/C10H9Cl2FN2/c11-7-4-6(13)5-8(12)10(7)15-3-1-2-9(15)14/h4-5,14H,1-3H2. The minimum atomic E-state index is -0.459. The number of amidine groups is 1. The summed E-state index contributed by atoms with van der Waals surface area (Å²) >= 11 is 11.8. The van der Waals surface area contributed by atoms with E-state index in [1.165, 1.54) is 12.1 Å². The Hall–Kier alpha value is -0.800. The number of hydrogen-bond acceptors (Lipinski definition) is 1. The second kappa shape index (κ2) is 3.99. The van der Waals surface area contributed by atoms with Gasteiger partial charge in [-0.15, -0.1) is 0 Å². The van der Waals surface area contributed by atoms with Crippen molar-refractivity contribution in [3.05, 3.63) is 28.0 Å². The maximum absolute atomic E-state index is 13.0. The first kappa shape index (κ1) is 10.7. The van der Waals surface area contributed by atoms with Crippen LogP contribution in [-0.2, 0) is 0 Å². The molecule has 1 N–H and O–H groups in total. The van der Waals surface area contributed by atoms with Crippen molar-refractivity contribution in [3.63, 3.8) is 0 Å². The lowest BCUT2D eigenvalue weighted by molar-refractivity contribution is 0.628. The van der Waals surface area contributed by atoms with Crippen LogP contribution in [0.2, 0.25) is 10.0 Å². The zero-order valence-corrected chi connectivity index (χ0v) is 9.37. The van der Waals surface area contributed by atoms with Crippen molar-refractivity contribution < 1.29 is 4.39 Å². The maximum Gasteiger partial charge on any atom is 0.126 e. The summed E-state index contributed by atoms with van der Waals surface area (Å²) in [7, 11) is 0. The Morgan fingerprint density at radius 3 is 2.33 bits per heavy atom. The number of halogens is 3. The molecular weight excluding hydrogens is 238 g/mol. The van der Waals surface area contributed by atoms with Gasteiger partial charge in [0.15, 0.2) is 0 Å². The molecule has 1 aliphatic rings. The summed E-state index contributed by atoms with van der Waals surface area (Å²) in [5.74, 6) is 0.0184. The normalized spacial score (nSPS) is 16.2. The van der Waals surface area contributed by atoms with Gasteiger partial charge in [0.1, 0.15) is 11.7 Å². The van der Waals surface area contributed by atoms with Gasteiger partial charge in [0, 0.05) is 13.0 Å². The van der Waals surface area contributed by atoms with Crippen LogP contribution in [0.4, 0.5) is 10.1 Å². The van der Waals surface area contributed by atoms with E-state index in [1.807, 2.05) is 0 Å². The molecule has 2 rings (SSSR count). The predicted octanol–water partition coefficient (Wildman–Crippen LogP) is 3.71. The third kappa shape index (κ3) is 1.94. The zero-order valence-electron chi connectivity index (χ0n) is 7.86. The molecule has 1 heterocycles. The minimum Gasteiger partial charge on any atom is -0.328 e. The molecule has 0 spiro atoms. The van der Waals surface area contributed by atoms with E-state index in [4.69, 9.17) is 28.6 Å². The smallest absolute Gasteiger partial charge is 0.126 e. The van der Waals surface area contributed by atoms with Crippen molar-refractivity contribution in [2.24, 2.45) is 0 Å². The first-order chi connectivity index (χ1) is 7.09. The van der Waals surface area contributed by atoms with Gasteiger partial charge < -0.3 is 4.90 Å². The SMILES string of the molecule is N=C1CCCN1c1c(Cl)cc(F)cc1Cl. The molecule has 1 aliphatic heterocycles. The molecule has 0 aliphatic carbocycles. The summed E-state index contributed by atoms with van der Waals surface area (Å²) < 4.78 is 13.0. The molecule has 0 aromatic heterocycles. The molecule has 15 heavy (non-hydrogen) atoms. The van der Waals surface area contributed by atoms with E-state index in [2.05, 4.69) is 0 Å². The van der Waals surface area contributed by atoms with Crippen molar-refractivity contribution in [1.29, 1.82) is 5.41 Å². The van der Waals surface area contributed by atoms with Gasteiger partial charge in [-0.05, 0) is 18.6 Å². The summed E-state index contributed by atoms with van der Waals surface area (Å²) in [4.78, 5) is 1.73. The lowest BCUT2D eigenvalue weighted by atomic mass is 10.3. The second-order valence-corrected chi connectivity index (χ2v) is 4.23. The van der Waals surface area contributed by atoms with E-state index >= 15 is 0 Å². The van der Waals surface area contributed by atoms with Crippen molar-refractivity contribution in [1.82, 2.24) is 0 Å². The molecule has 0 atom stereocenters. The Kier molecular flexibility index (Phi) is 2.85. The van der Waals surface area contributed by atoms with Crippen LogP contribution in [0.5, 0.6) is 0 Å². The number of rotatable bonds is 1. The topological polar surface area (TPSA) is 27.1 Å². The highest BCUT2D eigenvalue weighted by atomic mass is 35.5. The van der Waals surface area contributed by atoms with Gasteiger partial charge in [0.25, 0.3) is 0 Å². The van der Waals surface area contributed by atoms with Crippen LogP contribution >= 0.6 is 23.2 Å². The van der Waals surface area contributed by atoms with Gasteiger partial charge in [-0.25, -0.2) is 4.39 Å². The van der Waals surface area contributed by atoms with Crippen LogP contribution in [0.1, 0.15) is 12.8 Å². The fourth-order valence-corrected chi connectivity index (χ4v) is 2.38. The average molecular weight is 247 g/mol. The molecule has 0 saturated carbocycles. The predicted molar refractivity (Wildman–Crippen MR) is 60.7 cm³/mol. The minimum absolute atomic E-state index is 0.256. The maximum atomic E-state index is 13.0. The van der Waals surface area contributed by atoms with Crippen molar-refractivity contribution >= 4 is 34.7 Å². The second-order valence-electron chi connectivity index (χ2n) is 3.42. The van der Waals surface area contributed by atoms with Gasteiger partial charge >= 0.3 is 0 Å². The van der Waals surface area contributed by atoms with Crippen molar-refractivity contribution in [3.8, 4) is 0 Å². The summed E-state index contributed by atoms with van der Waals surface area (Å²) in [5, 5.41) is 8.22. The van der Waals surface area contributed by atoms with Gasteiger partial charge in [-0.3, -0.25) is 5.41 Å². The highest BCUT2D eigenvalue weighted by Gasteiger charge is 2.23. The van der Waals surface area contributed by atoms with E-state index in [0.29, 0.717) is 24.5 Å². The molecule has 0 amide bonds. The fourth-order valence-electron chi connectivity index (χ4n) is 1.71. The van der Waals surface area contributed by atoms with Gasteiger partial charge in [-0.1, -0.05) is 23.2 Å². The van der Waals surface area contributed by atoms with E-state index < -0.39 is 5.82 Å². The van der Waals surface area contributed by atoms with E-state index in [9.17, 15) is 4.39 Å². The third-order valence-corrected chi connectivity index (χ3v) is 2.95. The Morgan fingerprint density at radius 2 is 1.87 bits per heavy atom. The molecule has 2 nitrogen and oxygen atoms in total. The Balaban J connectivity index is 2.47. The summed E-state index contributed by atoms with van der Waals surface area (Å²) in [6.45, 7) is 0.712. The van der Waals surface area contributed by atoms with E-state index in [1.54, 1.807) is 4.90 Å². The van der Waals surface area contributed by atoms with Crippen LogP contribution in [-0.4, -0.2) is 12.4 Å². The highest BCUT2D eigenvalue weighted by Crippen LogP contribution is 2.36. The van der Waals surface area contributed by atoms with Crippen molar-refractivity contribution in [2.75, 3.05) is 11.4 Å². The summed E-state index contributed by atoms with van der Waals surface area (Å²) in [6, 6.07) is 2.43. The molecule has 0 radical (unpaired) electrons. The molecular formula is C10H9Cl2FN2. The molecule has 1 saturated heterocycles. The number of benzene rings is 1. The Morgan fingerprint density at radius 1 is 1.27 bits per heavy atom. The molecule has 1 aromatic carbocycles. The number of anilines is 1. The third-order valence-electron chi connectivity index (χ3n) is 2.37. The number of nitrogens with zero attached hydrogens (tertiary/aromatic N) is 1. The zero-order chi connectivity index (χ0) is 11.0. The van der Waals surface area contributed by atoms with E-state index in [0.717, 1.165) is 6.42 Å². The molecule has 1 aromatic rings. The van der Waals surface area contributed by atoms with Gasteiger partial charge in [0.2, 0.25) is 0 Å². The first-order valence-corrected chi connectivity index (χ1v) is 5.34. The Bertz CT molecular complexity index is 397. The van der Waals surface area contributed by atoms with Gasteiger partial charge in [-0.2, -0.15) is 0 Å². The Labute approximate surface area is 97.1 Å². The van der Waals surface area contributed by atoms with E-state index in [-0.39, 0.29) is 10.0 Å². The van der Waals surface area contributed by atoms with Crippen LogP contribution in [0.3, 0.4) is 0 Å². The molecule has 0 bridgehead atoms. The number of nitrogens with one attached hydrogen (secondary N) is 1. The van der Waals surface area contributed by atoms with Crippen LogP contribution < -0.4 is 4.90 Å². The van der Waals surface area contributed by atoms with Crippen LogP contribution in [0.25, 0.3) is 0 Å². The monoisotopic (exact) mass is 246 g/mol. The molecule has 1 fully saturated rings. The quantitative estimate of drug-likeness (QED) is 0.804. The van der Waals surface area contributed by atoms with Gasteiger partial charge in [0.05, 0.1) is 15.7 Å².